The molecule has 5 nitrogen and oxygen atoms in total. The van der Waals surface area contributed by atoms with Crippen LogP contribution in [0.2, 0.25) is 5.02 Å². The molecule has 0 radical (unpaired) electrons. The lowest BCUT2D eigenvalue weighted by Crippen LogP contribution is -2.43. The van der Waals surface area contributed by atoms with Gasteiger partial charge in [-0.1, -0.05) is 48.0 Å². The second-order valence-electron chi connectivity index (χ2n) is 8.38. The van der Waals surface area contributed by atoms with Crippen LogP contribution in [0, 0.1) is 5.82 Å². The molecule has 1 atom stereocenters. The van der Waals surface area contributed by atoms with Crippen LogP contribution in [0.15, 0.2) is 59.1 Å². The third-order valence-corrected chi connectivity index (χ3v) is 6.19. The second kappa shape index (κ2) is 10.3. The number of oxazole rings is 1. The topological polar surface area (TPSA) is 49.6 Å². The Kier molecular flexibility index (Phi) is 7.22. The number of aromatic nitrogens is 1. The Morgan fingerprint density at radius 1 is 1.22 bits per heavy atom. The zero-order valence-corrected chi connectivity index (χ0v) is 18.9. The van der Waals surface area contributed by atoms with Crippen LogP contribution in [0.4, 0.5) is 4.39 Å². The summed E-state index contributed by atoms with van der Waals surface area (Å²) in [5.74, 6) is 1.30. The van der Waals surface area contributed by atoms with Crippen molar-refractivity contribution in [2.75, 3.05) is 26.7 Å². The van der Waals surface area contributed by atoms with E-state index < -0.39 is 0 Å². The Balaban J connectivity index is 1.34. The van der Waals surface area contributed by atoms with Crippen LogP contribution in [0.1, 0.15) is 41.5 Å². The fraction of sp³-hybridized carbons (Fsp3) is 0.360. The average Bonchev–Trinajstić information content (AvgIpc) is 3.26. The quantitative estimate of drug-likeness (QED) is 0.508. The maximum Gasteiger partial charge on any atom is 0.236 e. The maximum absolute atomic E-state index is 13.9. The van der Waals surface area contributed by atoms with Gasteiger partial charge in [0.2, 0.25) is 5.91 Å². The zero-order chi connectivity index (χ0) is 22.5. The van der Waals surface area contributed by atoms with E-state index in [1.165, 1.54) is 6.07 Å². The van der Waals surface area contributed by atoms with Crippen LogP contribution in [-0.4, -0.2) is 47.4 Å². The van der Waals surface area contributed by atoms with Crippen LogP contribution in [0.3, 0.4) is 0 Å². The maximum atomic E-state index is 13.9. The molecular weight excluding hydrogens is 429 g/mol. The van der Waals surface area contributed by atoms with E-state index in [0.717, 1.165) is 30.7 Å². The van der Waals surface area contributed by atoms with Gasteiger partial charge in [-0.15, -0.1) is 0 Å². The summed E-state index contributed by atoms with van der Waals surface area (Å²) in [6, 6.07) is 14.4. The summed E-state index contributed by atoms with van der Waals surface area (Å²) in [4.78, 5) is 21.1. The van der Waals surface area contributed by atoms with E-state index in [9.17, 15) is 9.18 Å². The van der Waals surface area contributed by atoms with E-state index in [0.29, 0.717) is 36.0 Å². The van der Waals surface area contributed by atoms with Gasteiger partial charge in [-0.05, 0) is 37.6 Å². The number of likely N-dealkylation sites (tertiary alicyclic amines) is 1. The molecule has 2 heterocycles. The first-order valence-corrected chi connectivity index (χ1v) is 11.2. The monoisotopic (exact) mass is 455 g/mol. The highest BCUT2D eigenvalue weighted by atomic mass is 35.5. The lowest BCUT2D eigenvalue weighted by atomic mass is 9.98. The minimum Gasteiger partial charge on any atom is -0.445 e. The largest absolute Gasteiger partial charge is 0.445 e. The van der Waals surface area contributed by atoms with Crippen molar-refractivity contribution < 1.29 is 13.6 Å². The zero-order valence-electron chi connectivity index (χ0n) is 18.1. The van der Waals surface area contributed by atoms with Gasteiger partial charge in [-0.3, -0.25) is 9.69 Å². The molecule has 0 bridgehead atoms. The average molecular weight is 456 g/mol. The van der Waals surface area contributed by atoms with E-state index in [4.69, 9.17) is 16.0 Å². The van der Waals surface area contributed by atoms with Crippen molar-refractivity contribution in [3.63, 3.8) is 0 Å². The highest BCUT2D eigenvalue weighted by molar-refractivity contribution is 6.31. The summed E-state index contributed by atoms with van der Waals surface area (Å²) >= 11 is 6.25. The minimum atomic E-state index is -0.249. The van der Waals surface area contributed by atoms with Crippen molar-refractivity contribution in [1.29, 1.82) is 0 Å². The number of hydrogen-bond donors (Lipinski definition) is 0. The fourth-order valence-electron chi connectivity index (χ4n) is 4.13. The molecule has 1 aliphatic heterocycles. The molecule has 4 rings (SSSR count). The smallest absolute Gasteiger partial charge is 0.236 e. The Labute approximate surface area is 192 Å². The van der Waals surface area contributed by atoms with E-state index >= 15 is 0 Å². The number of hydrogen-bond acceptors (Lipinski definition) is 4. The second-order valence-corrected chi connectivity index (χ2v) is 8.78. The highest BCUT2D eigenvalue weighted by Gasteiger charge is 2.28. The number of amides is 1. The van der Waals surface area contributed by atoms with Crippen LogP contribution < -0.4 is 0 Å². The minimum absolute atomic E-state index is 0.0383. The molecule has 1 amide bonds. The molecule has 7 heteroatoms. The number of benzene rings is 2. The van der Waals surface area contributed by atoms with E-state index in [2.05, 4.69) is 4.98 Å². The van der Waals surface area contributed by atoms with Crippen molar-refractivity contribution in [3.05, 3.63) is 88.3 Å². The molecule has 2 aromatic carbocycles. The Hall–Kier alpha value is -2.70. The molecule has 0 N–H and O–H groups in total. The highest BCUT2D eigenvalue weighted by Crippen LogP contribution is 2.28. The summed E-state index contributed by atoms with van der Waals surface area (Å²) in [6.07, 6.45) is 4.17. The first-order chi connectivity index (χ1) is 15.5. The number of likely N-dealkylation sites (N-methyl/N-ethyl adjacent to an activating group) is 1. The van der Waals surface area contributed by atoms with Gasteiger partial charge in [-0.2, -0.15) is 0 Å². The molecule has 1 aliphatic rings. The van der Waals surface area contributed by atoms with E-state index in [1.807, 2.05) is 41.1 Å². The first-order valence-electron chi connectivity index (χ1n) is 10.9. The molecule has 1 aromatic heterocycles. The van der Waals surface area contributed by atoms with Gasteiger partial charge in [-0.25, -0.2) is 9.37 Å². The number of carbonyl (C=O) groups is 1. The molecule has 0 spiro atoms. The SMILES string of the molecule is CN(CC(=O)N1CCC[C@H](c2ncc(Cc3ccccc3Cl)o2)C1)Cc1ccccc1F. The molecule has 1 saturated heterocycles. The van der Waals surface area contributed by atoms with Gasteiger partial charge in [0.05, 0.1) is 18.7 Å². The molecule has 3 aromatic rings. The third kappa shape index (κ3) is 5.56. The number of halogens is 2. The van der Waals surface area contributed by atoms with Gasteiger partial charge >= 0.3 is 0 Å². The van der Waals surface area contributed by atoms with Crippen LogP contribution >= 0.6 is 11.6 Å². The lowest BCUT2D eigenvalue weighted by Gasteiger charge is -2.32. The van der Waals surface area contributed by atoms with Gasteiger partial charge < -0.3 is 9.32 Å². The predicted octanol–water partition coefficient (Wildman–Crippen LogP) is 4.90. The van der Waals surface area contributed by atoms with Gasteiger partial charge in [0, 0.05) is 36.6 Å². The van der Waals surface area contributed by atoms with Crippen molar-refractivity contribution >= 4 is 17.5 Å². The van der Waals surface area contributed by atoms with Crippen molar-refractivity contribution in [3.8, 4) is 0 Å². The number of rotatable bonds is 7. The summed E-state index contributed by atoms with van der Waals surface area (Å²) in [5.41, 5.74) is 1.58. The molecule has 0 aliphatic carbocycles. The summed E-state index contributed by atoms with van der Waals surface area (Å²) in [6.45, 7) is 1.93. The molecule has 32 heavy (non-hydrogen) atoms. The van der Waals surface area contributed by atoms with Crippen molar-refractivity contribution in [1.82, 2.24) is 14.8 Å². The normalized spacial score (nSPS) is 16.5. The molecule has 168 valence electrons. The number of piperidine rings is 1. The van der Waals surface area contributed by atoms with Crippen LogP contribution in [-0.2, 0) is 17.8 Å². The fourth-order valence-corrected chi connectivity index (χ4v) is 4.33. The van der Waals surface area contributed by atoms with Gasteiger partial charge in [0.15, 0.2) is 5.89 Å². The van der Waals surface area contributed by atoms with E-state index in [-0.39, 0.29) is 24.2 Å². The standard InChI is InChI=1S/C25H27ClFN3O2/c1-29(15-19-8-3-5-11-23(19)27)17-24(31)30-12-6-9-20(16-30)25-28-14-21(32-25)13-18-7-2-4-10-22(18)26/h2-5,7-8,10-11,14,20H,6,9,12-13,15-17H2,1H3/t20-/m0/s1. The van der Waals surface area contributed by atoms with Crippen molar-refractivity contribution in [2.24, 2.45) is 0 Å². The molecular formula is C25H27ClFN3O2. The summed E-state index contributed by atoms with van der Waals surface area (Å²) in [7, 11) is 1.83. The molecule has 1 fully saturated rings. The number of carbonyl (C=O) groups excluding carboxylic acids is 1. The summed E-state index contributed by atoms with van der Waals surface area (Å²) in [5, 5.41) is 0.708. The Morgan fingerprint density at radius 2 is 1.97 bits per heavy atom. The Bertz CT molecular complexity index is 1070. The lowest BCUT2D eigenvalue weighted by molar-refractivity contribution is -0.133. The van der Waals surface area contributed by atoms with Crippen LogP contribution in [0.5, 0.6) is 0 Å². The molecule has 0 unspecified atom stereocenters. The van der Waals surface area contributed by atoms with Crippen molar-refractivity contribution in [2.45, 2.75) is 31.7 Å². The van der Waals surface area contributed by atoms with Gasteiger partial charge in [0.25, 0.3) is 0 Å². The van der Waals surface area contributed by atoms with Gasteiger partial charge in [0.1, 0.15) is 11.6 Å². The third-order valence-electron chi connectivity index (χ3n) is 5.82. The predicted molar refractivity (Wildman–Crippen MR) is 122 cm³/mol. The van der Waals surface area contributed by atoms with Crippen LogP contribution in [0.25, 0.3) is 0 Å². The van der Waals surface area contributed by atoms with E-state index in [1.54, 1.807) is 24.4 Å². The number of nitrogens with zero attached hydrogens (tertiary/aromatic N) is 3. The first kappa shape index (κ1) is 22.5. The Morgan fingerprint density at radius 3 is 2.75 bits per heavy atom. The molecule has 0 saturated carbocycles. The summed E-state index contributed by atoms with van der Waals surface area (Å²) < 4.78 is 19.9.